The molecule has 0 aromatic carbocycles. The second-order valence-corrected chi connectivity index (χ2v) is 8.63. The van der Waals surface area contributed by atoms with Gasteiger partial charge in [-0.05, 0) is 37.5 Å². The largest absolute Gasteiger partial charge is 0.299 e. The first-order valence-corrected chi connectivity index (χ1v) is 10.6. The molecule has 2 nitrogen and oxygen atoms in total. The zero-order valence-electron chi connectivity index (χ0n) is 16.4. The molecular formula is C21H42N2. The van der Waals surface area contributed by atoms with Gasteiger partial charge in [-0.15, -0.1) is 0 Å². The average molecular weight is 323 g/mol. The van der Waals surface area contributed by atoms with Crippen molar-refractivity contribution in [3.05, 3.63) is 0 Å². The van der Waals surface area contributed by atoms with E-state index in [0.29, 0.717) is 0 Å². The van der Waals surface area contributed by atoms with E-state index >= 15 is 0 Å². The minimum atomic E-state index is 0.843. The van der Waals surface area contributed by atoms with Crippen LogP contribution in [0.1, 0.15) is 85.5 Å². The highest BCUT2D eigenvalue weighted by atomic mass is 15.3. The molecule has 4 atom stereocenters. The second kappa shape index (κ2) is 10.0. The fourth-order valence-electron chi connectivity index (χ4n) is 4.99. The number of hydrogen-bond acceptors (Lipinski definition) is 2. The van der Waals surface area contributed by atoms with Crippen molar-refractivity contribution >= 4 is 0 Å². The summed E-state index contributed by atoms with van der Waals surface area (Å²) in [4.78, 5) is 5.70. The first kappa shape index (κ1) is 19.2. The van der Waals surface area contributed by atoms with E-state index in [1.54, 1.807) is 0 Å². The van der Waals surface area contributed by atoms with Crippen molar-refractivity contribution in [1.29, 1.82) is 0 Å². The summed E-state index contributed by atoms with van der Waals surface area (Å²) in [6.07, 6.45) is 12.7. The quantitative estimate of drug-likeness (QED) is 0.540. The molecule has 2 fully saturated rings. The van der Waals surface area contributed by atoms with E-state index in [-0.39, 0.29) is 0 Å². The smallest absolute Gasteiger partial charge is 0.0235 e. The predicted octanol–water partition coefficient (Wildman–Crippen LogP) is 5.18. The number of rotatable bonds is 9. The van der Waals surface area contributed by atoms with Crippen LogP contribution in [-0.4, -0.2) is 48.1 Å². The van der Waals surface area contributed by atoms with Crippen LogP contribution in [0.5, 0.6) is 0 Å². The van der Waals surface area contributed by atoms with E-state index in [9.17, 15) is 0 Å². The number of likely N-dealkylation sites (tertiary alicyclic amines) is 2. The van der Waals surface area contributed by atoms with Crippen LogP contribution in [0.25, 0.3) is 0 Å². The van der Waals surface area contributed by atoms with E-state index in [0.717, 1.165) is 23.9 Å². The molecule has 0 bridgehead atoms. The van der Waals surface area contributed by atoms with Gasteiger partial charge in [0.25, 0.3) is 0 Å². The summed E-state index contributed by atoms with van der Waals surface area (Å²) < 4.78 is 0. The molecule has 136 valence electrons. The van der Waals surface area contributed by atoms with E-state index in [4.69, 9.17) is 0 Å². The number of unbranched alkanes of at least 4 members (excludes halogenated alkanes) is 3. The lowest BCUT2D eigenvalue weighted by Gasteiger charge is -2.39. The lowest BCUT2D eigenvalue weighted by Crippen LogP contribution is -2.46. The zero-order chi connectivity index (χ0) is 16.7. The molecular weight excluding hydrogens is 280 g/mol. The normalized spacial score (nSPS) is 31.6. The fourth-order valence-corrected chi connectivity index (χ4v) is 4.99. The van der Waals surface area contributed by atoms with Gasteiger partial charge in [0.05, 0.1) is 0 Å². The molecule has 0 radical (unpaired) electrons. The maximum absolute atomic E-state index is 2.86. The van der Waals surface area contributed by atoms with Gasteiger partial charge in [0.15, 0.2) is 0 Å². The van der Waals surface area contributed by atoms with Gasteiger partial charge in [-0.25, -0.2) is 0 Å². The van der Waals surface area contributed by atoms with Crippen LogP contribution in [0.15, 0.2) is 0 Å². The number of piperidine rings is 1. The molecule has 23 heavy (non-hydrogen) atoms. The summed E-state index contributed by atoms with van der Waals surface area (Å²) in [5.41, 5.74) is 0. The Morgan fingerprint density at radius 3 is 2.17 bits per heavy atom. The molecule has 4 unspecified atom stereocenters. The third-order valence-corrected chi connectivity index (χ3v) is 6.16. The Morgan fingerprint density at radius 1 is 0.870 bits per heavy atom. The third-order valence-electron chi connectivity index (χ3n) is 6.16. The van der Waals surface area contributed by atoms with Gasteiger partial charge < -0.3 is 0 Å². The highest BCUT2D eigenvalue weighted by Crippen LogP contribution is 2.28. The van der Waals surface area contributed by atoms with Crippen LogP contribution in [-0.2, 0) is 0 Å². The number of hydrogen-bond donors (Lipinski definition) is 0. The van der Waals surface area contributed by atoms with E-state index < -0.39 is 0 Å². The van der Waals surface area contributed by atoms with Crippen LogP contribution in [0, 0.1) is 11.8 Å². The monoisotopic (exact) mass is 322 g/mol. The zero-order valence-corrected chi connectivity index (χ0v) is 16.4. The molecule has 2 saturated heterocycles. The standard InChI is InChI=1S/C21H42N2/c1-5-7-9-11-20(10-8-6-2)22-13-12-21(17-22)23-15-18(3)14-19(4)16-23/h18-21H,5-17H2,1-4H3. The minimum absolute atomic E-state index is 0.843. The summed E-state index contributed by atoms with van der Waals surface area (Å²) in [6.45, 7) is 15.0. The summed E-state index contributed by atoms with van der Waals surface area (Å²) in [5.74, 6) is 1.79. The third kappa shape index (κ3) is 6.05. The van der Waals surface area contributed by atoms with Crippen LogP contribution < -0.4 is 0 Å². The van der Waals surface area contributed by atoms with Gasteiger partial charge in [-0.2, -0.15) is 0 Å². The lowest BCUT2D eigenvalue weighted by molar-refractivity contribution is 0.0922. The van der Waals surface area contributed by atoms with Crippen molar-refractivity contribution in [3.8, 4) is 0 Å². The summed E-state index contributed by atoms with van der Waals surface area (Å²) in [5, 5.41) is 0. The molecule has 2 heterocycles. The molecule has 0 aliphatic carbocycles. The molecule has 0 N–H and O–H groups in total. The van der Waals surface area contributed by atoms with Crippen LogP contribution >= 0.6 is 0 Å². The SMILES string of the molecule is CCCCCC(CCCC)N1CCC(N2CC(C)CC(C)C2)C1. The maximum Gasteiger partial charge on any atom is 0.0235 e. The fraction of sp³-hybridized carbons (Fsp3) is 1.00. The summed E-state index contributed by atoms with van der Waals surface area (Å²) >= 11 is 0. The molecule has 0 aromatic rings. The second-order valence-electron chi connectivity index (χ2n) is 8.63. The Balaban J connectivity index is 1.84. The summed E-state index contributed by atoms with van der Waals surface area (Å²) in [6, 6.07) is 1.71. The molecule has 0 saturated carbocycles. The number of nitrogens with zero attached hydrogens (tertiary/aromatic N) is 2. The van der Waals surface area contributed by atoms with Gasteiger partial charge in [0, 0.05) is 38.3 Å². The summed E-state index contributed by atoms with van der Waals surface area (Å²) in [7, 11) is 0. The van der Waals surface area contributed by atoms with Crippen LogP contribution in [0.4, 0.5) is 0 Å². The van der Waals surface area contributed by atoms with Gasteiger partial charge in [-0.1, -0.05) is 59.8 Å². The van der Waals surface area contributed by atoms with Gasteiger partial charge in [0.1, 0.15) is 0 Å². The van der Waals surface area contributed by atoms with Crippen molar-refractivity contribution in [3.63, 3.8) is 0 Å². The Labute approximate surface area is 146 Å². The first-order chi connectivity index (χ1) is 11.1. The highest BCUT2D eigenvalue weighted by Gasteiger charge is 2.34. The minimum Gasteiger partial charge on any atom is -0.299 e. The molecule has 0 aromatic heterocycles. The molecule has 2 heteroatoms. The predicted molar refractivity (Wildman–Crippen MR) is 102 cm³/mol. The van der Waals surface area contributed by atoms with Gasteiger partial charge in [0.2, 0.25) is 0 Å². The lowest BCUT2D eigenvalue weighted by atomic mass is 9.91. The molecule has 0 amide bonds. The van der Waals surface area contributed by atoms with Crippen LogP contribution in [0.2, 0.25) is 0 Å². The maximum atomic E-state index is 2.86. The Morgan fingerprint density at radius 2 is 1.52 bits per heavy atom. The van der Waals surface area contributed by atoms with E-state index in [1.165, 1.54) is 84.0 Å². The van der Waals surface area contributed by atoms with Crippen molar-refractivity contribution in [2.75, 3.05) is 26.2 Å². The Hall–Kier alpha value is -0.0800. The van der Waals surface area contributed by atoms with Gasteiger partial charge in [-0.3, -0.25) is 9.80 Å². The molecule has 2 aliphatic rings. The molecule has 2 aliphatic heterocycles. The highest BCUT2D eigenvalue weighted by molar-refractivity contribution is 4.90. The first-order valence-electron chi connectivity index (χ1n) is 10.6. The Kier molecular flexibility index (Phi) is 8.40. The van der Waals surface area contributed by atoms with E-state index in [2.05, 4.69) is 37.5 Å². The van der Waals surface area contributed by atoms with Crippen molar-refractivity contribution in [2.45, 2.75) is 97.6 Å². The van der Waals surface area contributed by atoms with Gasteiger partial charge >= 0.3 is 0 Å². The topological polar surface area (TPSA) is 6.48 Å². The van der Waals surface area contributed by atoms with Crippen LogP contribution in [0.3, 0.4) is 0 Å². The van der Waals surface area contributed by atoms with Crippen molar-refractivity contribution in [1.82, 2.24) is 9.80 Å². The average Bonchev–Trinajstić information content (AvgIpc) is 2.99. The molecule has 0 spiro atoms. The molecule has 2 rings (SSSR count). The Bertz CT molecular complexity index is 307. The van der Waals surface area contributed by atoms with Crippen molar-refractivity contribution < 1.29 is 0 Å². The van der Waals surface area contributed by atoms with E-state index in [1.807, 2.05) is 0 Å². The van der Waals surface area contributed by atoms with Crippen molar-refractivity contribution in [2.24, 2.45) is 11.8 Å².